The number of rotatable bonds is 9. The Kier molecular flexibility index (Phi) is 6.64. The van der Waals surface area contributed by atoms with Crippen molar-refractivity contribution in [2.24, 2.45) is 0 Å². The zero-order valence-corrected chi connectivity index (χ0v) is 15.9. The summed E-state index contributed by atoms with van der Waals surface area (Å²) in [4.78, 5) is 4.53. The molecule has 1 heterocycles. The van der Waals surface area contributed by atoms with Gasteiger partial charge < -0.3 is 13.1 Å². The van der Waals surface area contributed by atoms with Gasteiger partial charge in [-0.1, -0.05) is 19.6 Å². The first-order chi connectivity index (χ1) is 9.32. The minimum Gasteiger partial charge on any atom is -0.395 e. The molecule has 4 nitrogen and oxygen atoms in total. The summed E-state index contributed by atoms with van der Waals surface area (Å²) in [5.41, 5.74) is 0. The van der Waals surface area contributed by atoms with Crippen LogP contribution in [0.1, 0.15) is 26.1 Å². The lowest BCUT2D eigenvalue weighted by molar-refractivity contribution is 0.188. The maximum absolute atomic E-state index is 5.88. The molecule has 0 aliphatic rings. The Morgan fingerprint density at radius 2 is 1.70 bits per heavy atom. The first kappa shape index (κ1) is 17.6. The molecule has 0 aliphatic heterocycles. The summed E-state index contributed by atoms with van der Waals surface area (Å²) in [6.45, 7) is 14.8. The van der Waals surface area contributed by atoms with Gasteiger partial charge in [0.1, 0.15) is 5.82 Å². The highest BCUT2D eigenvalue weighted by Gasteiger charge is 2.30. The summed E-state index contributed by atoms with van der Waals surface area (Å²) < 4.78 is 14.2. The molecule has 0 spiro atoms. The number of aromatic nitrogens is 2. The fraction of sp³-hybridized carbons (Fsp3) is 0.786. The molecule has 1 aromatic heterocycles. The second kappa shape index (κ2) is 7.54. The van der Waals surface area contributed by atoms with E-state index < -0.39 is 16.8 Å². The molecule has 0 radical (unpaired) electrons. The molecular weight excluding hydrogens is 284 g/mol. The van der Waals surface area contributed by atoms with Crippen LogP contribution in [0.2, 0.25) is 32.2 Å². The van der Waals surface area contributed by atoms with Crippen LogP contribution in [0.4, 0.5) is 0 Å². The highest BCUT2D eigenvalue weighted by Crippen LogP contribution is 2.19. The van der Waals surface area contributed by atoms with E-state index in [1.165, 1.54) is 5.82 Å². The van der Waals surface area contributed by atoms with Crippen LogP contribution in [0.5, 0.6) is 0 Å². The van der Waals surface area contributed by atoms with Crippen LogP contribution in [-0.2, 0) is 15.3 Å². The van der Waals surface area contributed by atoms with E-state index in [1.54, 1.807) is 0 Å². The van der Waals surface area contributed by atoms with Crippen LogP contribution in [0, 0.1) is 0 Å². The highest BCUT2D eigenvalue weighted by atomic mass is 28.4. The Labute approximate surface area is 125 Å². The molecule has 6 heteroatoms. The zero-order valence-electron chi connectivity index (χ0n) is 13.9. The van der Waals surface area contributed by atoms with Crippen molar-refractivity contribution in [1.82, 2.24) is 9.22 Å². The summed E-state index contributed by atoms with van der Waals surface area (Å²) in [7, 11) is -3.32. The predicted molar refractivity (Wildman–Crippen MR) is 89.0 cm³/mol. The van der Waals surface area contributed by atoms with E-state index in [0.717, 1.165) is 32.1 Å². The van der Waals surface area contributed by atoms with E-state index in [1.807, 2.05) is 20.0 Å². The van der Waals surface area contributed by atoms with Crippen LogP contribution >= 0.6 is 0 Å². The van der Waals surface area contributed by atoms with E-state index in [-0.39, 0.29) is 0 Å². The molecule has 0 N–H and O–H groups in total. The van der Waals surface area contributed by atoms with Gasteiger partial charge in [0.05, 0.1) is 0 Å². The quantitative estimate of drug-likeness (QED) is 0.653. The van der Waals surface area contributed by atoms with Crippen molar-refractivity contribution in [3.05, 3.63) is 18.2 Å². The molecule has 0 aromatic carbocycles. The van der Waals surface area contributed by atoms with Gasteiger partial charge in [0, 0.05) is 32.0 Å². The fourth-order valence-corrected chi connectivity index (χ4v) is 6.36. The molecule has 116 valence electrons. The summed E-state index contributed by atoms with van der Waals surface area (Å²) >= 11 is 0. The molecule has 1 aromatic rings. The molecular formula is C14H30N2O2Si2. The lowest BCUT2D eigenvalue weighted by Crippen LogP contribution is -2.39. The topological polar surface area (TPSA) is 36.3 Å². The second-order valence-electron chi connectivity index (χ2n) is 6.24. The molecule has 0 amide bonds. The van der Waals surface area contributed by atoms with Crippen LogP contribution in [-0.4, -0.2) is 39.2 Å². The van der Waals surface area contributed by atoms with Crippen molar-refractivity contribution in [1.29, 1.82) is 0 Å². The van der Waals surface area contributed by atoms with E-state index >= 15 is 0 Å². The van der Waals surface area contributed by atoms with Crippen LogP contribution in [0.3, 0.4) is 0 Å². The van der Waals surface area contributed by atoms with Crippen molar-refractivity contribution < 1.29 is 8.85 Å². The standard InChI is InChI=1S/C14H30N2O2Si2/c1-7-17-20(6,18-8-2)13-9-10-14-15-11-12-16(14)19(3,4)5/h11-12H,7-10,13H2,1-6H3. The largest absolute Gasteiger partial charge is 0.395 e. The van der Waals surface area contributed by atoms with Gasteiger partial charge in [-0.15, -0.1) is 0 Å². The molecule has 0 saturated heterocycles. The van der Waals surface area contributed by atoms with Gasteiger partial charge in [0.25, 0.3) is 0 Å². The first-order valence-corrected chi connectivity index (χ1v) is 13.6. The second-order valence-corrected chi connectivity index (χ2v) is 14.4. The Balaban J connectivity index is 2.57. The number of imidazole rings is 1. The smallest absolute Gasteiger partial charge is 0.334 e. The Morgan fingerprint density at radius 3 is 2.20 bits per heavy atom. The summed E-state index contributed by atoms with van der Waals surface area (Å²) in [6.07, 6.45) is 6.16. The van der Waals surface area contributed by atoms with Gasteiger partial charge >= 0.3 is 8.56 Å². The minimum atomic E-state index is -1.97. The van der Waals surface area contributed by atoms with Crippen LogP contribution in [0.25, 0.3) is 0 Å². The van der Waals surface area contributed by atoms with E-state index in [2.05, 4.69) is 41.6 Å². The predicted octanol–water partition coefficient (Wildman–Crippen LogP) is 3.64. The highest BCUT2D eigenvalue weighted by molar-refractivity contribution is 6.74. The molecule has 0 fully saturated rings. The third-order valence-electron chi connectivity index (χ3n) is 3.37. The van der Waals surface area contributed by atoms with Crippen molar-refractivity contribution in [3.63, 3.8) is 0 Å². The zero-order chi connectivity index (χ0) is 15.2. The summed E-state index contributed by atoms with van der Waals surface area (Å²) in [5, 5.41) is 0. The van der Waals surface area contributed by atoms with E-state index in [0.29, 0.717) is 0 Å². The monoisotopic (exact) mass is 314 g/mol. The Bertz CT molecular complexity index is 396. The minimum absolute atomic E-state index is 0.742. The number of hydrogen-bond donors (Lipinski definition) is 0. The molecule has 1 rings (SSSR count). The fourth-order valence-electron chi connectivity index (χ4n) is 2.49. The Morgan fingerprint density at radius 1 is 1.10 bits per heavy atom. The first-order valence-electron chi connectivity index (χ1n) is 7.63. The lowest BCUT2D eigenvalue weighted by atomic mass is 10.3. The molecule has 0 aliphatic carbocycles. The van der Waals surface area contributed by atoms with Crippen molar-refractivity contribution in [2.75, 3.05) is 13.2 Å². The Hall–Kier alpha value is -0.436. The summed E-state index contributed by atoms with van der Waals surface area (Å²) in [5.74, 6) is 1.22. The molecule has 0 saturated carbocycles. The van der Waals surface area contributed by atoms with Crippen LogP contribution in [0.15, 0.2) is 12.4 Å². The number of nitrogens with zero attached hydrogens (tertiary/aromatic N) is 2. The third-order valence-corrected chi connectivity index (χ3v) is 8.28. The van der Waals surface area contributed by atoms with Crippen LogP contribution < -0.4 is 0 Å². The normalized spacial score (nSPS) is 12.9. The van der Waals surface area contributed by atoms with Crippen molar-refractivity contribution >= 4 is 16.8 Å². The SMILES string of the molecule is CCO[Si](C)(CCCc1nccn1[Si](C)(C)C)OCC. The molecule has 0 atom stereocenters. The van der Waals surface area contributed by atoms with Crippen molar-refractivity contribution in [2.45, 2.75) is 58.9 Å². The van der Waals surface area contributed by atoms with Gasteiger partial charge in [0.15, 0.2) is 8.24 Å². The van der Waals surface area contributed by atoms with Gasteiger partial charge in [-0.3, -0.25) is 0 Å². The third kappa shape index (κ3) is 5.16. The molecule has 0 bridgehead atoms. The number of hydrogen-bond acceptors (Lipinski definition) is 3. The maximum atomic E-state index is 5.88. The van der Waals surface area contributed by atoms with E-state index in [9.17, 15) is 0 Å². The van der Waals surface area contributed by atoms with Gasteiger partial charge in [-0.2, -0.15) is 0 Å². The average molecular weight is 315 g/mol. The average Bonchev–Trinajstić information content (AvgIpc) is 2.77. The maximum Gasteiger partial charge on any atom is 0.334 e. The molecule has 0 unspecified atom stereocenters. The van der Waals surface area contributed by atoms with Gasteiger partial charge in [-0.25, -0.2) is 4.98 Å². The van der Waals surface area contributed by atoms with Crippen molar-refractivity contribution in [3.8, 4) is 0 Å². The molecule has 20 heavy (non-hydrogen) atoms. The van der Waals surface area contributed by atoms with E-state index in [4.69, 9.17) is 8.85 Å². The van der Waals surface area contributed by atoms with Gasteiger partial charge in [-0.05, 0) is 32.9 Å². The summed E-state index contributed by atoms with van der Waals surface area (Å²) in [6, 6.07) is 1.03. The van der Waals surface area contributed by atoms with Gasteiger partial charge in [0.2, 0.25) is 0 Å². The lowest BCUT2D eigenvalue weighted by Gasteiger charge is -2.26. The number of aryl methyl sites for hydroxylation is 1.